The molecule has 7 nitrogen and oxygen atoms in total. The maximum atomic E-state index is 11.8. The summed E-state index contributed by atoms with van der Waals surface area (Å²) in [5.74, 6) is 0.392. The van der Waals surface area contributed by atoms with Crippen LogP contribution in [-0.4, -0.2) is 49.2 Å². The number of nitrogens with one attached hydrogen (secondary N) is 1. The number of piperidine rings is 1. The molecule has 1 aromatic rings. The fourth-order valence-corrected chi connectivity index (χ4v) is 4.01. The second kappa shape index (κ2) is 7.23. The zero-order valence-corrected chi connectivity index (χ0v) is 13.9. The topological polar surface area (TPSA) is 92.5 Å². The maximum Gasteiger partial charge on any atom is 0.227 e. The zero-order valence-electron chi connectivity index (χ0n) is 13.0. The highest BCUT2D eigenvalue weighted by Gasteiger charge is 2.28. The lowest BCUT2D eigenvalue weighted by Crippen LogP contribution is -2.44. The van der Waals surface area contributed by atoms with Gasteiger partial charge in [-0.2, -0.15) is 4.31 Å². The molecule has 0 bridgehead atoms. The van der Waals surface area contributed by atoms with Crippen LogP contribution in [0.1, 0.15) is 37.1 Å². The quantitative estimate of drug-likeness (QED) is 0.835. The van der Waals surface area contributed by atoms with Crippen molar-refractivity contribution in [3.63, 3.8) is 0 Å². The summed E-state index contributed by atoms with van der Waals surface area (Å²) >= 11 is 0. The molecule has 0 spiro atoms. The van der Waals surface area contributed by atoms with Crippen LogP contribution in [0.4, 0.5) is 0 Å². The normalized spacial score (nSPS) is 20.0. The number of sulfonamides is 1. The molecule has 1 N–H and O–H groups in total. The van der Waals surface area contributed by atoms with Crippen LogP contribution in [0.2, 0.25) is 0 Å². The second-order valence-electron chi connectivity index (χ2n) is 5.77. The summed E-state index contributed by atoms with van der Waals surface area (Å²) in [5.41, 5.74) is 0.744. The molecule has 2 heterocycles. The molecule has 2 rings (SSSR count). The fourth-order valence-electron chi connectivity index (χ4n) is 2.80. The van der Waals surface area contributed by atoms with E-state index in [1.807, 2.05) is 0 Å². The van der Waals surface area contributed by atoms with E-state index in [1.54, 1.807) is 17.3 Å². The molecule has 1 aliphatic rings. The molecular weight excluding hydrogens is 306 g/mol. The van der Waals surface area contributed by atoms with Crippen molar-refractivity contribution in [1.29, 1.82) is 0 Å². The number of carbonyl (C=O) groups excluding carboxylic acids is 1. The molecule has 1 amide bonds. The van der Waals surface area contributed by atoms with Crippen molar-refractivity contribution in [2.75, 3.05) is 19.3 Å². The highest BCUT2D eigenvalue weighted by atomic mass is 32.2. The molecule has 22 heavy (non-hydrogen) atoms. The lowest BCUT2D eigenvalue weighted by Gasteiger charge is -2.33. The van der Waals surface area contributed by atoms with Crippen molar-refractivity contribution >= 4 is 15.9 Å². The summed E-state index contributed by atoms with van der Waals surface area (Å²) in [4.78, 5) is 11.8. The molecule has 0 aromatic carbocycles. The fraction of sp³-hybridized carbons (Fsp3) is 0.714. The largest absolute Gasteiger partial charge is 0.361 e. The van der Waals surface area contributed by atoms with E-state index in [-0.39, 0.29) is 18.4 Å². The van der Waals surface area contributed by atoms with Crippen molar-refractivity contribution in [2.45, 2.75) is 45.1 Å². The molecule has 0 saturated carbocycles. The molecule has 1 saturated heterocycles. The van der Waals surface area contributed by atoms with Crippen LogP contribution >= 0.6 is 0 Å². The Hall–Kier alpha value is -1.41. The van der Waals surface area contributed by atoms with E-state index in [1.165, 1.54) is 6.26 Å². The number of amides is 1. The Morgan fingerprint density at radius 1 is 1.50 bits per heavy atom. The number of aryl methyl sites for hydroxylation is 1. The van der Waals surface area contributed by atoms with Gasteiger partial charge in [-0.25, -0.2) is 8.42 Å². The van der Waals surface area contributed by atoms with Gasteiger partial charge in [0.1, 0.15) is 5.76 Å². The number of hydrogen-bond donors (Lipinski definition) is 1. The van der Waals surface area contributed by atoms with Crippen LogP contribution in [0.25, 0.3) is 0 Å². The third-order valence-electron chi connectivity index (χ3n) is 3.81. The van der Waals surface area contributed by atoms with Gasteiger partial charge < -0.3 is 9.84 Å². The predicted molar refractivity (Wildman–Crippen MR) is 81.8 cm³/mol. The Bertz CT molecular complexity index is 611. The van der Waals surface area contributed by atoms with E-state index >= 15 is 0 Å². The van der Waals surface area contributed by atoms with E-state index < -0.39 is 10.0 Å². The van der Waals surface area contributed by atoms with Crippen molar-refractivity contribution in [2.24, 2.45) is 0 Å². The third kappa shape index (κ3) is 4.81. The van der Waals surface area contributed by atoms with Crippen LogP contribution < -0.4 is 5.32 Å². The molecule has 1 fully saturated rings. The second-order valence-corrected chi connectivity index (χ2v) is 7.71. The molecule has 0 unspecified atom stereocenters. The average Bonchev–Trinajstić information content (AvgIpc) is 2.83. The number of carbonyl (C=O) groups is 1. The van der Waals surface area contributed by atoms with Gasteiger partial charge in [0.2, 0.25) is 15.9 Å². The number of rotatable bonds is 6. The highest BCUT2D eigenvalue weighted by molar-refractivity contribution is 7.88. The van der Waals surface area contributed by atoms with Crippen LogP contribution in [-0.2, 0) is 21.2 Å². The van der Waals surface area contributed by atoms with Crippen LogP contribution in [0.5, 0.6) is 0 Å². The lowest BCUT2D eigenvalue weighted by atomic mass is 10.0. The van der Waals surface area contributed by atoms with E-state index in [9.17, 15) is 13.2 Å². The monoisotopic (exact) mass is 329 g/mol. The molecule has 1 aromatic heterocycles. The predicted octanol–water partition coefficient (Wildman–Crippen LogP) is 0.846. The average molecular weight is 329 g/mol. The van der Waals surface area contributed by atoms with Gasteiger partial charge in [-0.05, 0) is 26.2 Å². The first-order valence-corrected chi connectivity index (χ1v) is 9.37. The third-order valence-corrected chi connectivity index (χ3v) is 5.14. The Labute approximate surface area is 131 Å². The van der Waals surface area contributed by atoms with Crippen LogP contribution in [0, 0.1) is 6.92 Å². The zero-order chi connectivity index (χ0) is 16.2. The van der Waals surface area contributed by atoms with Crippen LogP contribution in [0.15, 0.2) is 10.6 Å². The summed E-state index contributed by atoms with van der Waals surface area (Å²) in [5, 5.41) is 6.54. The number of hydrogen-bond acceptors (Lipinski definition) is 5. The molecule has 1 atom stereocenters. The molecule has 0 radical (unpaired) electrons. The molecule has 8 heteroatoms. The van der Waals surface area contributed by atoms with Crippen molar-refractivity contribution in [3.8, 4) is 0 Å². The lowest BCUT2D eigenvalue weighted by molar-refractivity contribution is -0.120. The molecule has 124 valence electrons. The minimum atomic E-state index is -3.17. The minimum Gasteiger partial charge on any atom is -0.361 e. The van der Waals surface area contributed by atoms with Gasteiger partial charge in [0.25, 0.3) is 0 Å². The van der Waals surface area contributed by atoms with E-state index in [4.69, 9.17) is 4.52 Å². The molecular formula is C14H23N3O4S. The van der Waals surface area contributed by atoms with Gasteiger partial charge in [0, 0.05) is 25.2 Å². The summed E-state index contributed by atoms with van der Waals surface area (Å²) in [6.07, 6.45) is 4.82. The van der Waals surface area contributed by atoms with Gasteiger partial charge in [0.05, 0.1) is 18.4 Å². The first-order chi connectivity index (χ1) is 10.4. The van der Waals surface area contributed by atoms with E-state index in [0.29, 0.717) is 25.3 Å². The first kappa shape index (κ1) is 17.0. The Morgan fingerprint density at radius 2 is 2.27 bits per heavy atom. The Kier molecular flexibility index (Phi) is 5.57. The highest BCUT2D eigenvalue weighted by Crippen LogP contribution is 2.21. The van der Waals surface area contributed by atoms with Gasteiger partial charge in [0.15, 0.2) is 0 Å². The van der Waals surface area contributed by atoms with Crippen molar-refractivity contribution < 1.29 is 17.7 Å². The summed E-state index contributed by atoms with van der Waals surface area (Å²) in [7, 11) is -3.17. The Balaban J connectivity index is 1.78. The summed E-state index contributed by atoms with van der Waals surface area (Å²) < 4.78 is 30.1. The maximum absolute atomic E-state index is 11.8. The Morgan fingerprint density at radius 3 is 2.91 bits per heavy atom. The molecule has 0 aliphatic carbocycles. The first-order valence-electron chi connectivity index (χ1n) is 7.52. The number of nitrogens with zero attached hydrogens (tertiary/aromatic N) is 2. The van der Waals surface area contributed by atoms with Crippen molar-refractivity contribution in [1.82, 2.24) is 14.8 Å². The van der Waals surface area contributed by atoms with Gasteiger partial charge in [-0.3, -0.25) is 4.79 Å². The van der Waals surface area contributed by atoms with E-state index in [2.05, 4.69) is 10.5 Å². The van der Waals surface area contributed by atoms with E-state index in [0.717, 1.165) is 25.0 Å². The molecule has 1 aliphatic heterocycles. The van der Waals surface area contributed by atoms with Gasteiger partial charge in [-0.1, -0.05) is 11.6 Å². The van der Waals surface area contributed by atoms with Crippen LogP contribution in [0.3, 0.4) is 0 Å². The minimum absolute atomic E-state index is 0.0171. The smallest absolute Gasteiger partial charge is 0.227 e. The number of aromatic nitrogens is 1. The summed E-state index contributed by atoms with van der Waals surface area (Å²) in [6.45, 7) is 2.84. The standard InChI is InChI=1S/C14H23N3O4S/c1-11-9-13(21-16-11)10-14(18)15-7-6-12-5-3-4-8-17(12)22(2,19)20/h9,12H,3-8,10H2,1-2H3,(H,15,18)/t12-/m1/s1. The van der Waals surface area contributed by atoms with Gasteiger partial charge in [-0.15, -0.1) is 0 Å². The summed E-state index contributed by atoms with van der Waals surface area (Å²) in [6, 6.07) is 1.71. The van der Waals surface area contributed by atoms with Gasteiger partial charge >= 0.3 is 0 Å². The van der Waals surface area contributed by atoms with Crippen molar-refractivity contribution in [3.05, 3.63) is 17.5 Å². The SMILES string of the molecule is Cc1cc(CC(=O)NCC[C@H]2CCCCN2S(C)(=O)=O)on1.